The average molecular weight is 203 g/mol. The number of nitrogens with one attached hydrogen (secondary N) is 1. The standard InChI is InChI=1S/C12H13NO2/c1-8(14)10-4-2-3-5-11(10)12(15)13-9-6-7-9/h2-5,9H,6-7H2,1H3,(H,13,15). The lowest BCUT2D eigenvalue weighted by molar-refractivity contribution is 0.0936. The van der Waals surface area contributed by atoms with Crippen molar-refractivity contribution in [1.29, 1.82) is 0 Å². The van der Waals surface area contributed by atoms with Crippen LogP contribution in [0.25, 0.3) is 0 Å². The number of amides is 1. The number of carbonyl (C=O) groups excluding carboxylic acids is 2. The van der Waals surface area contributed by atoms with Crippen molar-refractivity contribution in [3.05, 3.63) is 35.4 Å². The van der Waals surface area contributed by atoms with Crippen LogP contribution in [0.1, 0.15) is 40.5 Å². The zero-order valence-electron chi connectivity index (χ0n) is 8.62. The van der Waals surface area contributed by atoms with Gasteiger partial charge in [0, 0.05) is 11.6 Å². The summed E-state index contributed by atoms with van der Waals surface area (Å²) in [4.78, 5) is 23.0. The molecule has 0 aliphatic heterocycles. The van der Waals surface area contributed by atoms with E-state index in [4.69, 9.17) is 0 Å². The number of ketones is 1. The summed E-state index contributed by atoms with van der Waals surface area (Å²) in [5.74, 6) is -0.208. The molecule has 1 aliphatic carbocycles. The van der Waals surface area contributed by atoms with Crippen LogP contribution in [0.5, 0.6) is 0 Å². The van der Waals surface area contributed by atoms with Crippen molar-refractivity contribution < 1.29 is 9.59 Å². The van der Waals surface area contributed by atoms with Crippen LogP contribution >= 0.6 is 0 Å². The molecule has 78 valence electrons. The third-order valence-electron chi connectivity index (χ3n) is 2.46. The van der Waals surface area contributed by atoms with E-state index >= 15 is 0 Å². The molecule has 0 aromatic heterocycles. The van der Waals surface area contributed by atoms with Crippen molar-refractivity contribution in [2.75, 3.05) is 0 Å². The van der Waals surface area contributed by atoms with E-state index in [-0.39, 0.29) is 11.7 Å². The molecule has 0 spiro atoms. The molecule has 3 heteroatoms. The van der Waals surface area contributed by atoms with Crippen molar-refractivity contribution in [1.82, 2.24) is 5.32 Å². The Morgan fingerprint density at radius 2 is 1.80 bits per heavy atom. The van der Waals surface area contributed by atoms with E-state index in [0.29, 0.717) is 17.2 Å². The Balaban J connectivity index is 2.24. The number of hydrogen-bond acceptors (Lipinski definition) is 2. The monoisotopic (exact) mass is 203 g/mol. The van der Waals surface area contributed by atoms with Gasteiger partial charge in [0.2, 0.25) is 0 Å². The number of rotatable bonds is 3. The molecule has 1 N–H and O–H groups in total. The van der Waals surface area contributed by atoms with Crippen molar-refractivity contribution in [2.24, 2.45) is 0 Å². The maximum absolute atomic E-state index is 11.8. The normalized spacial score (nSPS) is 14.7. The maximum Gasteiger partial charge on any atom is 0.252 e. The van der Waals surface area contributed by atoms with Gasteiger partial charge < -0.3 is 5.32 Å². The minimum atomic E-state index is -0.136. The molecule has 15 heavy (non-hydrogen) atoms. The first-order valence-electron chi connectivity index (χ1n) is 5.09. The zero-order chi connectivity index (χ0) is 10.8. The van der Waals surface area contributed by atoms with Crippen molar-refractivity contribution in [3.8, 4) is 0 Å². The van der Waals surface area contributed by atoms with Crippen LogP contribution in [0.15, 0.2) is 24.3 Å². The molecule has 1 fully saturated rings. The summed E-state index contributed by atoms with van der Waals surface area (Å²) in [6, 6.07) is 7.23. The highest BCUT2D eigenvalue weighted by Gasteiger charge is 2.25. The van der Waals surface area contributed by atoms with Gasteiger partial charge in [-0.15, -0.1) is 0 Å². The first-order valence-corrected chi connectivity index (χ1v) is 5.09. The second-order valence-corrected chi connectivity index (χ2v) is 3.85. The molecular weight excluding hydrogens is 190 g/mol. The summed E-state index contributed by atoms with van der Waals surface area (Å²) in [5.41, 5.74) is 0.979. The minimum Gasteiger partial charge on any atom is -0.349 e. The minimum absolute atomic E-state index is 0.0726. The van der Waals surface area contributed by atoms with Crippen LogP contribution in [-0.2, 0) is 0 Å². The maximum atomic E-state index is 11.8. The Bertz CT molecular complexity index is 408. The second-order valence-electron chi connectivity index (χ2n) is 3.85. The van der Waals surface area contributed by atoms with Crippen LogP contribution < -0.4 is 5.32 Å². The van der Waals surface area contributed by atoms with E-state index in [1.807, 2.05) is 0 Å². The lowest BCUT2D eigenvalue weighted by Gasteiger charge is -2.06. The summed E-state index contributed by atoms with van der Waals surface area (Å²) in [6.45, 7) is 1.48. The summed E-state index contributed by atoms with van der Waals surface area (Å²) >= 11 is 0. The van der Waals surface area contributed by atoms with E-state index in [1.54, 1.807) is 24.3 Å². The Hall–Kier alpha value is -1.64. The molecule has 0 heterocycles. The predicted molar refractivity (Wildman–Crippen MR) is 56.9 cm³/mol. The van der Waals surface area contributed by atoms with Crippen LogP contribution in [0.4, 0.5) is 0 Å². The van der Waals surface area contributed by atoms with Gasteiger partial charge in [0.1, 0.15) is 0 Å². The molecule has 1 aliphatic rings. The largest absolute Gasteiger partial charge is 0.349 e. The Labute approximate surface area is 88.5 Å². The van der Waals surface area contributed by atoms with Crippen LogP contribution in [0, 0.1) is 0 Å². The number of carbonyl (C=O) groups is 2. The number of Topliss-reactive ketones (excluding diaryl/α,β-unsaturated/α-hetero) is 1. The van der Waals surface area contributed by atoms with Crippen molar-refractivity contribution in [2.45, 2.75) is 25.8 Å². The third kappa shape index (κ3) is 2.24. The Morgan fingerprint density at radius 1 is 1.20 bits per heavy atom. The SMILES string of the molecule is CC(=O)c1ccccc1C(=O)NC1CC1. The van der Waals surface area contributed by atoms with Gasteiger partial charge in [0.05, 0.1) is 5.56 Å². The van der Waals surface area contributed by atoms with Gasteiger partial charge in [-0.1, -0.05) is 18.2 Å². The highest BCUT2D eigenvalue weighted by molar-refractivity contribution is 6.07. The molecule has 3 nitrogen and oxygen atoms in total. The topological polar surface area (TPSA) is 46.2 Å². The molecule has 0 saturated heterocycles. The molecule has 2 rings (SSSR count). The van der Waals surface area contributed by atoms with Gasteiger partial charge in [-0.2, -0.15) is 0 Å². The summed E-state index contributed by atoms with van der Waals surface area (Å²) in [7, 11) is 0. The zero-order valence-corrected chi connectivity index (χ0v) is 8.62. The van der Waals surface area contributed by atoms with Crippen molar-refractivity contribution >= 4 is 11.7 Å². The first kappa shape index (κ1) is 9.90. The van der Waals surface area contributed by atoms with Crippen LogP contribution in [0.3, 0.4) is 0 Å². The molecule has 0 bridgehead atoms. The van der Waals surface area contributed by atoms with Crippen LogP contribution in [0.2, 0.25) is 0 Å². The quantitative estimate of drug-likeness (QED) is 0.761. The fourth-order valence-corrected chi connectivity index (χ4v) is 1.48. The molecule has 0 radical (unpaired) electrons. The molecule has 1 aromatic rings. The van der Waals surface area contributed by atoms with Gasteiger partial charge in [0.15, 0.2) is 5.78 Å². The fraction of sp³-hybridized carbons (Fsp3) is 0.333. The molecule has 1 aromatic carbocycles. The summed E-state index contributed by atoms with van der Waals surface area (Å²) in [6.07, 6.45) is 2.10. The second kappa shape index (κ2) is 3.85. The molecule has 0 atom stereocenters. The molecule has 1 saturated carbocycles. The summed E-state index contributed by atoms with van der Waals surface area (Å²) in [5, 5.41) is 2.87. The van der Waals surface area contributed by atoms with Gasteiger partial charge in [0.25, 0.3) is 5.91 Å². The van der Waals surface area contributed by atoms with E-state index in [2.05, 4.69) is 5.32 Å². The van der Waals surface area contributed by atoms with E-state index in [9.17, 15) is 9.59 Å². The lowest BCUT2D eigenvalue weighted by atomic mass is 10.0. The Kier molecular flexibility index (Phi) is 2.54. The van der Waals surface area contributed by atoms with Gasteiger partial charge >= 0.3 is 0 Å². The van der Waals surface area contributed by atoms with E-state index < -0.39 is 0 Å². The van der Waals surface area contributed by atoms with Crippen LogP contribution in [-0.4, -0.2) is 17.7 Å². The third-order valence-corrected chi connectivity index (χ3v) is 2.46. The summed E-state index contributed by atoms with van der Waals surface area (Å²) < 4.78 is 0. The molecule has 1 amide bonds. The smallest absolute Gasteiger partial charge is 0.252 e. The van der Waals surface area contributed by atoms with Gasteiger partial charge in [-0.3, -0.25) is 9.59 Å². The van der Waals surface area contributed by atoms with Crippen molar-refractivity contribution in [3.63, 3.8) is 0 Å². The Morgan fingerprint density at radius 3 is 2.33 bits per heavy atom. The highest BCUT2D eigenvalue weighted by atomic mass is 16.2. The predicted octanol–water partition coefficient (Wildman–Crippen LogP) is 1.78. The molecule has 0 unspecified atom stereocenters. The first-order chi connectivity index (χ1) is 7.18. The highest BCUT2D eigenvalue weighted by Crippen LogP contribution is 2.20. The van der Waals surface area contributed by atoms with Gasteiger partial charge in [-0.05, 0) is 25.8 Å². The number of hydrogen-bond donors (Lipinski definition) is 1. The van der Waals surface area contributed by atoms with E-state index in [0.717, 1.165) is 12.8 Å². The molecular formula is C12H13NO2. The fourth-order valence-electron chi connectivity index (χ4n) is 1.48. The average Bonchev–Trinajstić information content (AvgIpc) is 3.01. The number of benzene rings is 1. The lowest BCUT2D eigenvalue weighted by Crippen LogP contribution is -2.26. The van der Waals surface area contributed by atoms with E-state index in [1.165, 1.54) is 6.92 Å². The van der Waals surface area contributed by atoms with Gasteiger partial charge in [-0.25, -0.2) is 0 Å².